The summed E-state index contributed by atoms with van der Waals surface area (Å²) in [4.78, 5) is 0. The highest BCUT2D eigenvalue weighted by Gasteiger charge is 1.89. The van der Waals surface area contributed by atoms with Gasteiger partial charge in [0, 0.05) is 20.3 Å². The van der Waals surface area contributed by atoms with Gasteiger partial charge in [-0.1, -0.05) is 18.9 Å². The summed E-state index contributed by atoms with van der Waals surface area (Å²) in [5.41, 5.74) is 0. The summed E-state index contributed by atoms with van der Waals surface area (Å²) in [5, 5.41) is 0. The van der Waals surface area contributed by atoms with E-state index in [1.807, 2.05) is 0 Å². The highest BCUT2D eigenvalue weighted by atomic mass is 16.5. The Morgan fingerprint density at radius 1 is 1.08 bits per heavy atom. The highest BCUT2D eigenvalue weighted by molar-refractivity contribution is 4.63. The van der Waals surface area contributed by atoms with Gasteiger partial charge in [0.1, 0.15) is 0 Å². The molecule has 0 amide bonds. The molecule has 0 heterocycles. The maximum atomic E-state index is 5.24. The van der Waals surface area contributed by atoms with E-state index in [0.717, 1.165) is 26.1 Å². The molecule has 0 aliphatic carbocycles. The van der Waals surface area contributed by atoms with E-state index in [9.17, 15) is 0 Å². The second-order valence-corrected chi connectivity index (χ2v) is 2.77. The van der Waals surface area contributed by atoms with Gasteiger partial charge in [0.25, 0.3) is 0 Å². The number of rotatable bonds is 9. The third kappa shape index (κ3) is 9.66. The Labute approximate surface area is 75.6 Å². The number of hydrogen-bond donors (Lipinski definition) is 0. The average molecular weight is 172 g/mol. The first-order valence-corrected chi connectivity index (χ1v) is 4.59. The first kappa shape index (κ1) is 11.7. The second kappa shape index (κ2) is 10.7. The fourth-order valence-electron chi connectivity index (χ4n) is 0.971. The minimum atomic E-state index is 0.679. The molecule has 0 aromatic heterocycles. The van der Waals surface area contributed by atoms with Gasteiger partial charge in [-0.15, -0.1) is 6.58 Å². The first-order valence-electron chi connectivity index (χ1n) is 4.59. The SMILES string of the molecule is C=CCOCCCCCCOC. The molecule has 0 aromatic carbocycles. The average Bonchev–Trinajstić information content (AvgIpc) is 2.10. The van der Waals surface area contributed by atoms with Crippen LogP contribution in [0.25, 0.3) is 0 Å². The molecule has 2 nitrogen and oxygen atoms in total. The number of ether oxygens (including phenoxy) is 2. The van der Waals surface area contributed by atoms with Crippen LogP contribution in [0.3, 0.4) is 0 Å². The minimum absolute atomic E-state index is 0.679. The van der Waals surface area contributed by atoms with Gasteiger partial charge in [0.2, 0.25) is 0 Å². The molecule has 0 aliphatic rings. The summed E-state index contributed by atoms with van der Waals surface area (Å²) in [6, 6.07) is 0. The van der Waals surface area contributed by atoms with E-state index >= 15 is 0 Å². The van der Waals surface area contributed by atoms with E-state index in [2.05, 4.69) is 6.58 Å². The van der Waals surface area contributed by atoms with Crippen LogP contribution >= 0.6 is 0 Å². The van der Waals surface area contributed by atoms with Crippen molar-refractivity contribution in [1.82, 2.24) is 0 Å². The molecular weight excluding hydrogens is 152 g/mol. The normalized spacial score (nSPS) is 10.1. The van der Waals surface area contributed by atoms with Crippen LogP contribution in [0.4, 0.5) is 0 Å². The Bertz CT molecular complexity index is 91.8. The number of methoxy groups -OCH3 is 1. The largest absolute Gasteiger partial charge is 0.385 e. The van der Waals surface area contributed by atoms with Crippen molar-refractivity contribution in [2.24, 2.45) is 0 Å². The zero-order valence-electron chi connectivity index (χ0n) is 8.05. The summed E-state index contributed by atoms with van der Waals surface area (Å²) in [6.07, 6.45) is 6.58. The van der Waals surface area contributed by atoms with E-state index in [1.54, 1.807) is 13.2 Å². The van der Waals surface area contributed by atoms with Crippen molar-refractivity contribution in [3.63, 3.8) is 0 Å². The molecule has 0 unspecified atom stereocenters. The molecule has 0 saturated heterocycles. The topological polar surface area (TPSA) is 18.5 Å². The third-order valence-electron chi connectivity index (χ3n) is 1.62. The molecule has 0 spiro atoms. The Hall–Kier alpha value is -0.340. The first-order chi connectivity index (χ1) is 5.91. The predicted molar refractivity (Wildman–Crippen MR) is 51.4 cm³/mol. The minimum Gasteiger partial charge on any atom is -0.385 e. The third-order valence-corrected chi connectivity index (χ3v) is 1.62. The van der Waals surface area contributed by atoms with Gasteiger partial charge in [-0.05, 0) is 12.8 Å². The van der Waals surface area contributed by atoms with E-state index in [-0.39, 0.29) is 0 Å². The summed E-state index contributed by atoms with van der Waals surface area (Å²) >= 11 is 0. The number of hydrogen-bond acceptors (Lipinski definition) is 2. The van der Waals surface area contributed by atoms with Crippen molar-refractivity contribution in [2.45, 2.75) is 25.7 Å². The molecule has 0 aromatic rings. The van der Waals surface area contributed by atoms with Gasteiger partial charge in [0.05, 0.1) is 6.61 Å². The van der Waals surface area contributed by atoms with Crippen molar-refractivity contribution in [3.05, 3.63) is 12.7 Å². The summed E-state index contributed by atoms with van der Waals surface area (Å²) in [6.45, 7) is 6.00. The van der Waals surface area contributed by atoms with Crippen molar-refractivity contribution in [2.75, 3.05) is 26.9 Å². The molecule has 72 valence electrons. The molecule has 0 aliphatic heterocycles. The smallest absolute Gasteiger partial charge is 0.0644 e. The Morgan fingerprint density at radius 3 is 2.33 bits per heavy atom. The van der Waals surface area contributed by atoms with Gasteiger partial charge in [-0.2, -0.15) is 0 Å². The Kier molecular flexibility index (Phi) is 10.4. The highest BCUT2D eigenvalue weighted by Crippen LogP contribution is 1.99. The molecule has 0 saturated carbocycles. The van der Waals surface area contributed by atoms with Crippen LogP contribution in [0.15, 0.2) is 12.7 Å². The Balaban J connectivity index is 2.77. The maximum Gasteiger partial charge on any atom is 0.0644 e. The maximum absolute atomic E-state index is 5.24. The van der Waals surface area contributed by atoms with Gasteiger partial charge in [-0.25, -0.2) is 0 Å². The summed E-state index contributed by atoms with van der Waals surface area (Å²) < 4.78 is 10.2. The lowest BCUT2D eigenvalue weighted by molar-refractivity contribution is 0.154. The zero-order chi connectivity index (χ0) is 9.07. The van der Waals surface area contributed by atoms with Crippen molar-refractivity contribution in [1.29, 1.82) is 0 Å². The quantitative estimate of drug-likeness (QED) is 0.393. The van der Waals surface area contributed by atoms with Gasteiger partial charge >= 0.3 is 0 Å². The van der Waals surface area contributed by atoms with Crippen LogP contribution in [0.2, 0.25) is 0 Å². The van der Waals surface area contributed by atoms with Crippen LogP contribution in [0.1, 0.15) is 25.7 Å². The summed E-state index contributed by atoms with van der Waals surface area (Å²) in [5.74, 6) is 0. The molecule has 0 fully saturated rings. The monoisotopic (exact) mass is 172 g/mol. The molecule has 0 atom stereocenters. The van der Waals surface area contributed by atoms with Gasteiger partial charge in [0.15, 0.2) is 0 Å². The van der Waals surface area contributed by atoms with E-state index in [1.165, 1.54) is 12.8 Å². The Morgan fingerprint density at radius 2 is 1.75 bits per heavy atom. The van der Waals surface area contributed by atoms with Gasteiger partial charge in [-0.3, -0.25) is 0 Å². The molecular formula is C10H20O2. The fourth-order valence-corrected chi connectivity index (χ4v) is 0.971. The van der Waals surface area contributed by atoms with Crippen molar-refractivity contribution >= 4 is 0 Å². The molecule has 0 bridgehead atoms. The van der Waals surface area contributed by atoms with Crippen LogP contribution in [0.5, 0.6) is 0 Å². The second-order valence-electron chi connectivity index (χ2n) is 2.77. The van der Waals surface area contributed by atoms with E-state index < -0.39 is 0 Å². The van der Waals surface area contributed by atoms with E-state index in [4.69, 9.17) is 9.47 Å². The zero-order valence-corrected chi connectivity index (χ0v) is 8.05. The van der Waals surface area contributed by atoms with E-state index in [0.29, 0.717) is 6.61 Å². The fraction of sp³-hybridized carbons (Fsp3) is 0.800. The lowest BCUT2D eigenvalue weighted by Crippen LogP contribution is -1.94. The van der Waals surface area contributed by atoms with Gasteiger partial charge < -0.3 is 9.47 Å². The predicted octanol–water partition coefficient (Wildman–Crippen LogP) is 2.40. The summed E-state index contributed by atoms with van der Waals surface area (Å²) in [7, 11) is 1.74. The molecule has 0 rings (SSSR count). The standard InChI is InChI=1S/C10H20O2/c1-3-8-12-10-7-5-4-6-9-11-2/h3H,1,4-10H2,2H3. The lowest BCUT2D eigenvalue weighted by atomic mass is 10.2. The molecule has 0 N–H and O–H groups in total. The van der Waals surface area contributed by atoms with Crippen molar-refractivity contribution < 1.29 is 9.47 Å². The van der Waals surface area contributed by atoms with Crippen LogP contribution in [-0.2, 0) is 9.47 Å². The van der Waals surface area contributed by atoms with Crippen LogP contribution in [-0.4, -0.2) is 26.9 Å². The molecule has 2 heteroatoms. The van der Waals surface area contributed by atoms with Crippen molar-refractivity contribution in [3.8, 4) is 0 Å². The van der Waals surface area contributed by atoms with Crippen LogP contribution in [0, 0.1) is 0 Å². The molecule has 0 radical (unpaired) electrons. The van der Waals surface area contributed by atoms with Crippen LogP contribution < -0.4 is 0 Å². The lowest BCUT2D eigenvalue weighted by Gasteiger charge is -2.01. The number of unbranched alkanes of at least 4 members (excludes halogenated alkanes) is 3. The molecule has 12 heavy (non-hydrogen) atoms.